The van der Waals surface area contributed by atoms with E-state index in [1.54, 1.807) is 18.2 Å². The van der Waals surface area contributed by atoms with Crippen LogP contribution in [-0.2, 0) is 0 Å². The molecule has 0 radical (unpaired) electrons. The summed E-state index contributed by atoms with van der Waals surface area (Å²) in [5.41, 5.74) is 0.444. The van der Waals surface area contributed by atoms with Gasteiger partial charge in [0.2, 0.25) is 0 Å². The molecule has 0 unspecified atom stereocenters. The predicted molar refractivity (Wildman–Crippen MR) is 44.1 cm³/mol. The number of hydrogen-bond donors (Lipinski definition) is 1. The first kappa shape index (κ1) is 7.74. The van der Waals surface area contributed by atoms with Crippen LogP contribution in [0.25, 0.3) is 0 Å². The van der Waals surface area contributed by atoms with Crippen LogP contribution in [0.15, 0.2) is 24.3 Å². The van der Waals surface area contributed by atoms with Gasteiger partial charge in [0.1, 0.15) is 5.82 Å². The zero-order valence-corrected chi connectivity index (χ0v) is 6.70. The quantitative estimate of drug-likeness (QED) is 0.714. The first-order chi connectivity index (χ1) is 5.79. The Morgan fingerprint density at radius 3 is 2.58 bits per heavy atom. The van der Waals surface area contributed by atoms with E-state index in [0.29, 0.717) is 11.5 Å². The average molecular weight is 166 g/mol. The first-order valence-electron chi connectivity index (χ1n) is 4.21. The highest BCUT2D eigenvalue weighted by atomic mass is 19.1. The number of benzene rings is 1. The summed E-state index contributed by atoms with van der Waals surface area (Å²) in [5, 5.41) is 9.60. The van der Waals surface area contributed by atoms with Gasteiger partial charge in [0.25, 0.3) is 0 Å². The summed E-state index contributed by atoms with van der Waals surface area (Å²) < 4.78 is 13.1. The minimum Gasteiger partial charge on any atom is -0.388 e. The molecule has 2 heteroatoms. The maximum Gasteiger partial charge on any atom is 0.129 e. The number of hydrogen-bond acceptors (Lipinski definition) is 1. The Morgan fingerprint density at radius 1 is 1.33 bits per heavy atom. The molecule has 1 aromatic rings. The third kappa shape index (κ3) is 1.34. The van der Waals surface area contributed by atoms with E-state index in [0.717, 1.165) is 12.8 Å². The van der Waals surface area contributed by atoms with Crippen molar-refractivity contribution in [3.05, 3.63) is 35.6 Å². The van der Waals surface area contributed by atoms with Gasteiger partial charge >= 0.3 is 0 Å². The lowest BCUT2D eigenvalue weighted by molar-refractivity contribution is 0.149. The Balaban J connectivity index is 2.25. The van der Waals surface area contributed by atoms with Crippen molar-refractivity contribution < 1.29 is 9.50 Å². The van der Waals surface area contributed by atoms with E-state index in [2.05, 4.69) is 0 Å². The lowest BCUT2D eigenvalue weighted by Gasteiger charge is -2.09. The standard InChI is InChI=1S/C10H11FO/c11-9-4-2-1-3-8(9)10(12)7-5-6-7/h1-4,7,10,12H,5-6H2/t10-/m0/s1. The van der Waals surface area contributed by atoms with E-state index in [1.807, 2.05) is 0 Å². The summed E-state index contributed by atoms with van der Waals surface area (Å²) in [6.45, 7) is 0. The van der Waals surface area contributed by atoms with Crippen molar-refractivity contribution in [2.45, 2.75) is 18.9 Å². The Hall–Kier alpha value is -0.890. The Labute approximate surface area is 70.8 Å². The molecule has 0 heterocycles. The molecule has 1 nitrogen and oxygen atoms in total. The summed E-state index contributed by atoms with van der Waals surface area (Å²) in [4.78, 5) is 0. The molecular weight excluding hydrogens is 155 g/mol. The van der Waals surface area contributed by atoms with Crippen molar-refractivity contribution in [2.75, 3.05) is 0 Å². The summed E-state index contributed by atoms with van der Waals surface area (Å²) in [7, 11) is 0. The van der Waals surface area contributed by atoms with Gasteiger partial charge < -0.3 is 5.11 Å². The van der Waals surface area contributed by atoms with Crippen molar-refractivity contribution in [1.29, 1.82) is 0 Å². The molecule has 0 amide bonds. The molecule has 1 N–H and O–H groups in total. The minimum absolute atomic E-state index is 0.293. The number of aliphatic hydroxyl groups excluding tert-OH is 1. The zero-order chi connectivity index (χ0) is 8.55. The number of aliphatic hydroxyl groups is 1. The van der Waals surface area contributed by atoms with E-state index in [-0.39, 0.29) is 5.82 Å². The van der Waals surface area contributed by atoms with Crippen LogP contribution in [0.5, 0.6) is 0 Å². The smallest absolute Gasteiger partial charge is 0.129 e. The van der Waals surface area contributed by atoms with E-state index in [4.69, 9.17) is 0 Å². The van der Waals surface area contributed by atoms with Crippen LogP contribution in [0.2, 0.25) is 0 Å². The van der Waals surface area contributed by atoms with Crippen LogP contribution >= 0.6 is 0 Å². The molecule has 1 aromatic carbocycles. The molecule has 1 saturated carbocycles. The van der Waals surface area contributed by atoms with Crippen molar-refractivity contribution in [1.82, 2.24) is 0 Å². The zero-order valence-electron chi connectivity index (χ0n) is 6.70. The maximum absolute atomic E-state index is 13.1. The fraction of sp³-hybridized carbons (Fsp3) is 0.400. The second-order valence-corrected chi connectivity index (χ2v) is 3.30. The van der Waals surface area contributed by atoms with Crippen LogP contribution in [0.1, 0.15) is 24.5 Å². The first-order valence-corrected chi connectivity index (χ1v) is 4.21. The Bertz CT molecular complexity index is 281. The lowest BCUT2D eigenvalue weighted by Crippen LogP contribution is -2.01. The maximum atomic E-state index is 13.1. The largest absolute Gasteiger partial charge is 0.388 e. The van der Waals surface area contributed by atoms with Crippen molar-refractivity contribution in [2.24, 2.45) is 5.92 Å². The molecule has 1 aliphatic rings. The summed E-state index contributed by atoms with van der Waals surface area (Å²) in [6, 6.07) is 6.43. The molecule has 0 bridgehead atoms. The molecule has 1 atom stereocenters. The molecule has 0 spiro atoms. The SMILES string of the molecule is O[C@H](c1ccccc1F)C1CC1. The monoisotopic (exact) mass is 166 g/mol. The number of rotatable bonds is 2. The Kier molecular flexibility index (Phi) is 1.85. The third-order valence-electron chi connectivity index (χ3n) is 2.29. The van der Waals surface area contributed by atoms with Crippen LogP contribution in [0, 0.1) is 11.7 Å². The minimum atomic E-state index is -0.591. The molecule has 0 aliphatic heterocycles. The summed E-state index contributed by atoms with van der Waals surface area (Å²) in [5.74, 6) is -0.00111. The van der Waals surface area contributed by atoms with Crippen molar-refractivity contribution in [3.8, 4) is 0 Å². The fourth-order valence-corrected chi connectivity index (χ4v) is 1.38. The normalized spacial score (nSPS) is 19.2. The van der Waals surface area contributed by atoms with Gasteiger partial charge in [0.05, 0.1) is 6.10 Å². The number of halogens is 1. The van der Waals surface area contributed by atoms with E-state index < -0.39 is 6.10 Å². The summed E-state index contributed by atoms with van der Waals surface area (Å²) >= 11 is 0. The Morgan fingerprint density at radius 2 is 2.00 bits per heavy atom. The van der Waals surface area contributed by atoms with E-state index in [9.17, 15) is 9.50 Å². The second-order valence-electron chi connectivity index (χ2n) is 3.30. The van der Waals surface area contributed by atoms with Gasteiger partial charge in [-0.2, -0.15) is 0 Å². The van der Waals surface area contributed by atoms with Crippen LogP contribution in [0.3, 0.4) is 0 Å². The fourth-order valence-electron chi connectivity index (χ4n) is 1.38. The van der Waals surface area contributed by atoms with Gasteiger partial charge in [-0.3, -0.25) is 0 Å². The summed E-state index contributed by atoms with van der Waals surface area (Å²) in [6.07, 6.45) is 1.46. The molecule has 64 valence electrons. The van der Waals surface area contributed by atoms with Crippen molar-refractivity contribution >= 4 is 0 Å². The topological polar surface area (TPSA) is 20.2 Å². The second kappa shape index (κ2) is 2.87. The highest BCUT2D eigenvalue weighted by Crippen LogP contribution is 2.41. The average Bonchev–Trinajstić information content (AvgIpc) is 2.86. The van der Waals surface area contributed by atoms with Gasteiger partial charge in [0, 0.05) is 5.56 Å². The predicted octanol–water partition coefficient (Wildman–Crippen LogP) is 2.27. The molecule has 1 aliphatic carbocycles. The van der Waals surface area contributed by atoms with Gasteiger partial charge in [-0.05, 0) is 24.8 Å². The van der Waals surface area contributed by atoms with E-state index >= 15 is 0 Å². The van der Waals surface area contributed by atoms with Gasteiger partial charge in [-0.1, -0.05) is 18.2 Å². The van der Waals surface area contributed by atoms with Crippen molar-refractivity contribution in [3.63, 3.8) is 0 Å². The highest BCUT2D eigenvalue weighted by molar-refractivity contribution is 5.21. The van der Waals surface area contributed by atoms with Gasteiger partial charge in [-0.25, -0.2) is 4.39 Å². The molecule has 2 rings (SSSR count). The van der Waals surface area contributed by atoms with E-state index in [1.165, 1.54) is 6.07 Å². The lowest BCUT2D eigenvalue weighted by atomic mass is 10.1. The molecule has 1 fully saturated rings. The molecule has 12 heavy (non-hydrogen) atoms. The van der Waals surface area contributed by atoms with Gasteiger partial charge in [0.15, 0.2) is 0 Å². The highest BCUT2D eigenvalue weighted by Gasteiger charge is 2.31. The van der Waals surface area contributed by atoms with Crippen LogP contribution in [0.4, 0.5) is 4.39 Å². The van der Waals surface area contributed by atoms with Gasteiger partial charge in [-0.15, -0.1) is 0 Å². The van der Waals surface area contributed by atoms with Crippen LogP contribution in [-0.4, -0.2) is 5.11 Å². The third-order valence-corrected chi connectivity index (χ3v) is 2.29. The molecule has 0 saturated heterocycles. The molecular formula is C10H11FO. The van der Waals surface area contributed by atoms with Crippen LogP contribution < -0.4 is 0 Å². The molecule has 0 aromatic heterocycles.